The Morgan fingerprint density at radius 2 is 1.70 bits per heavy atom. The van der Waals surface area contributed by atoms with Gasteiger partial charge in [0.1, 0.15) is 5.15 Å². The first-order valence-corrected chi connectivity index (χ1v) is 8.38. The molecule has 0 saturated carbocycles. The Morgan fingerprint density at radius 1 is 1.00 bits per heavy atom. The number of carbonyl (C=O) groups excluding carboxylic acids is 1. The van der Waals surface area contributed by atoms with Gasteiger partial charge in [0, 0.05) is 30.7 Å². The van der Waals surface area contributed by atoms with Crippen LogP contribution in [0.25, 0.3) is 0 Å². The molecule has 0 atom stereocenters. The molecule has 1 N–H and O–H groups in total. The van der Waals surface area contributed by atoms with Crippen LogP contribution in [-0.2, 0) is 0 Å². The van der Waals surface area contributed by atoms with Gasteiger partial charge in [0.15, 0.2) is 0 Å². The molecule has 1 aromatic heterocycles. The summed E-state index contributed by atoms with van der Waals surface area (Å²) in [6.45, 7) is 2.23. The van der Waals surface area contributed by atoms with Crippen molar-refractivity contribution in [3.8, 4) is 0 Å². The summed E-state index contributed by atoms with van der Waals surface area (Å²) in [5, 5.41) is 3.26. The summed E-state index contributed by atoms with van der Waals surface area (Å²) in [6.07, 6.45) is 6.62. The fourth-order valence-corrected chi connectivity index (χ4v) is 2.91. The number of aromatic nitrogens is 1. The monoisotopic (exact) mass is 329 g/mol. The molecule has 2 heterocycles. The zero-order valence-electron chi connectivity index (χ0n) is 13.0. The lowest BCUT2D eigenvalue weighted by Gasteiger charge is -2.22. The highest BCUT2D eigenvalue weighted by atomic mass is 35.5. The van der Waals surface area contributed by atoms with E-state index in [4.69, 9.17) is 11.6 Å². The van der Waals surface area contributed by atoms with Gasteiger partial charge < -0.3 is 10.2 Å². The lowest BCUT2D eigenvalue weighted by molar-refractivity contribution is 0.102. The van der Waals surface area contributed by atoms with Crippen LogP contribution in [-0.4, -0.2) is 24.0 Å². The van der Waals surface area contributed by atoms with E-state index in [9.17, 15) is 4.79 Å². The van der Waals surface area contributed by atoms with Crippen LogP contribution in [0.3, 0.4) is 0 Å². The van der Waals surface area contributed by atoms with Crippen LogP contribution >= 0.6 is 11.6 Å². The minimum atomic E-state index is -0.184. The molecule has 1 amide bonds. The number of nitrogens with one attached hydrogen (secondary N) is 1. The summed E-state index contributed by atoms with van der Waals surface area (Å²) in [5.41, 5.74) is 2.49. The van der Waals surface area contributed by atoms with Crippen LogP contribution in [0.2, 0.25) is 5.15 Å². The Hall–Kier alpha value is -2.07. The first-order valence-electron chi connectivity index (χ1n) is 8.00. The third kappa shape index (κ3) is 4.23. The number of hydrogen-bond acceptors (Lipinski definition) is 3. The number of nitrogens with zero attached hydrogens (tertiary/aromatic N) is 2. The van der Waals surface area contributed by atoms with E-state index in [-0.39, 0.29) is 5.91 Å². The third-order valence-corrected chi connectivity index (χ3v) is 4.31. The predicted molar refractivity (Wildman–Crippen MR) is 94.3 cm³/mol. The molecule has 1 aromatic carbocycles. The quantitative estimate of drug-likeness (QED) is 0.850. The number of rotatable bonds is 3. The number of anilines is 2. The van der Waals surface area contributed by atoms with E-state index in [0.717, 1.165) is 18.8 Å². The van der Waals surface area contributed by atoms with Gasteiger partial charge in [0.05, 0.1) is 5.56 Å². The second kappa shape index (κ2) is 7.47. The number of halogens is 1. The van der Waals surface area contributed by atoms with E-state index in [1.807, 2.05) is 12.1 Å². The standard InChI is InChI=1S/C18H20ClN3O/c19-17-10-5-14(13-20-17)18(23)21-15-6-8-16(9-7-15)22-11-3-1-2-4-12-22/h5-10,13H,1-4,11-12H2,(H,21,23). The van der Waals surface area contributed by atoms with Gasteiger partial charge >= 0.3 is 0 Å². The smallest absolute Gasteiger partial charge is 0.257 e. The summed E-state index contributed by atoms with van der Waals surface area (Å²) in [6, 6.07) is 11.3. The van der Waals surface area contributed by atoms with Gasteiger partial charge in [0.25, 0.3) is 5.91 Å². The van der Waals surface area contributed by atoms with Gasteiger partial charge in [0.2, 0.25) is 0 Å². The number of pyridine rings is 1. The third-order valence-electron chi connectivity index (χ3n) is 4.09. The minimum absolute atomic E-state index is 0.184. The molecule has 1 aliphatic rings. The molecule has 5 heteroatoms. The normalized spacial score (nSPS) is 15.1. The summed E-state index contributed by atoms with van der Waals surface area (Å²) in [5.74, 6) is -0.184. The van der Waals surface area contributed by atoms with Gasteiger partial charge in [-0.2, -0.15) is 0 Å². The van der Waals surface area contributed by atoms with Crippen molar-refractivity contribution < 1.29 is 4.79 Å². The average molecular weight is 330 g/mol. The van der Waals surface area contributed by atoms with Crippen molar-refractivity contribution >= 4 is 28.9 Å². The molecule has 0 spiro atoms. The lowest BCUT2D eigenvalue weighted by Crippen LogP contribution is -2.23. The summed E-state index contributed by atoms with van der Waals surface area (Å²) in [4.78, 5) is 18.5. The second-order valence-electron chi connectivity index (χ2n) is 5.77. The van der Waals surface area contributed by atoms with Gasteiger partial charge in [-0.1, -0.05) is 24.4 Å². The van der Waals surface area contributed by atoms with Gasteiger partial charge in [-0.3, -0.25) is 4.79 Å². The van der Waals surface area contributed by atoms with E-state index in [0.29, 0.717) is 10.7 Å². The van der Waals surface area contributed by atoms with Crippen LogP contribution < -0.4 is 10.2 Å². The van der Waals surface area contributed by atoms with Gasteiger partial charge in [-0.25, -0.2) is 4.98 Å². The van der Waals surface area contributed by atoms with Crippen molar-refractivity contribution in [2.75, 3.05) is 23.3 Å². The Kier molecular flexibility index (Phi) is 5.13. The van der Waals surface area contributed by atoms with Crippen molar-refractivity contribution in [3.63, 3.8) is 0 Å². The molecular weight excluding hydrogens is 310 g/mol. The van der Waals surface area contributed by atoms with Crippen molar-refractivity contribution in [1.82, 2.24) is 4.98 Å². The first kappa shape index (κ1) is 15.8. The van der Waals surface area contributed by atoms with Crippen LogP contribution in [0.15, 0.2) is 42.6 Å². The van der Waals surface area contributed by atoms with Crippen molar-refractivity contribution in [3.05, 3.63) is 53.3 Å². The second-order valence-corrected chi connectivity index (χ2v) is 6.16. The molecule has 3 rings (SSSR count). The van der Waals surface area contributed by atoms with E-state index in [2.05, 4.69) is 27.3 Å². The number of hydrogen-bond donors (Lipinski definition) is 1. The maximum absolute atomic E-state index is 12.2. The molecular formula is C18H20ClN3O. The molecule has 0 aliphatic carbocycles. The topological polar surface area (TPSA) is 45.2 Å². The Balaban J connectivity index is 1.64. The molecule has 0 radical (unpaired) electrons. The molecule has 0 unspecified atom stereocenters. The highest BCUT2D eigenvalue weighted by molar-refractivity contribution is 6.29. The molecule has 2 aromatic rings. The summed E-state index contributed by atoms with van der Waals surface area (Å²) in [7, 11) is 0. The van der Waals surface area contributed by atoms with Crippen LogP contribution in [0, 0.1) is 0 Å². The molecule has 23 heavy (non-hydrogen) atoms. The van der Waals surface area contributed by atoms with E-state index >= 15 is 0 Å². The zero-order valence-corrected chi connectivity index (χ0v) is 13.7. The largest absolute Gasteiger partial charge is 0.372 e. The molecule has 1 fully saturated rings. The Labute approximate surface area is 141 Å². The highest BCUT2D eigenvalue weighted by Gasteiger charge is 2.10. The molecule has 4 nitrogen and oxygen atoms in total. The van der Waals surface area contributed by atoms with Crippen LogP contribution in [0.4, 0.5) is 11.4 Å². The Bertz CT molecular complexity index is 647. The Morgan fingerprint density at radius 3 is 2.30 bits per heavy atom. The molecule has 1 saturated heterocycles. The lowest BCUT2D eigenvalue weighted by atomic mass is 10.2. The summed E-state index contributed by atoms with van der Waals surface area (Å²) < 4.78 is 0. The van der Waals surface area contributed by atoms with Gasteiger partial charge in [-0.15, -0.1) is 0 Å². The SMILES string of the molecule is O=C(Nc1ccc(N2CCCCCC2)cc1)c1ccc(Cl)nc1. The first-order chi connectivity index (χ1) is 11.2. The zero-order chi connectivity index (χ0) is 16.1. The number of carbonyl (C=O) groups is 1. The molecule has 0 bridgehead atoms. The maximum Gasteiger partial charge on any atom is 0.257 e. The highest BCUT2D eigenvalue weighted by Crippen LogP contribution is 2.22. The molecule has 120 valence electrons. The van der Waals surface area contributed by atoms with Gasteiger partial charge in [-0.05, 0) is 49.2 Å². The number of benzene rings is 1. The summed E-state index contributed by atoms with van der Waals surface area (Å²) >= 11 is 5.73. The van der Waals surface area contributed by atoms with E-state index in [1.165, 1.54) is 37.6 Å². The predicted octanol–water partition coefficient (Wildman–Crippen LogP) is 4.37. The van der Waals surface area contributed by atoms with Crippen molar-refractivity contribution in [2.24, 2.45) is 0 Å². The number of amides is 1. The van der Waals surface area contributed by atoms with Crippen molar-refractivity contribution in [2.45, 2.75) is 25.7 Å². The average Bonchev–Trinajstić information content (AvgIpc) is 2.85. The van der Waals surface area contributed by atoms with Crippen molar-refractivity contribution in [1.29, 1.82) is 0 Å². The van der Waals surface area contributed by atoms with E-state index < -0.39 is 0 Å². The fraction of sp³-hybridized carbons (Fsp3) is 0.333. The molecule has 1 aliphatic heterocycles. The minimum Gasteiger partial charge on any atom is -0.372 e. The van der Waals surface area contributed by atoms with E-state index in [1.54, 1.807) is 12.1 Å². The maximum atomic E-state index is 12.2. The van der Waals surface area contributed by atoms with Crippen LogP contribution in [0.1, 0.15) is 36.0 Å². The van der Waals surface area contributed by atoms with Crippen LogP contribution in [0.5, 0.6) is 0 Å². The fourth-order valence-electron chi connectivity index (χ4n) is 2.80.